The van der Waals surface area contributed by atoms with Gasteiger partial charge in [0, 0.05) is 31.7 Å². The second-order valence-electron chi connectivity index (χ2n) is 6.95. The molecule has 0 saturated heterocycles. The molecule has 0 aliphatic rings. The first-order valence-electron chi connectivity index (χ1n) is 9.60. The fraction of sp³-hybridized carbons (Fsp3) is 0.130. The van der Waals surface area contributed by atoms with Gasteiger partial charge >= 0.3 is 0 Å². The molecule has 7 nitrogen and oxygen atoms in total. The number of rotatable bonds is 6. The van der Waals surface area contributed by atoms with E-state index in [4.69, 9.17) is 0 Å². The third-order valence-electron chi connectivity index (χ3n) is 4.74. The van der Waals surface area contributed by atoms with Gasteiger partial charge in [-0.25, -0.2) is 4.98 Å². The summed E-state index contributed by atoms with van der Waals surface area (Å²) in [6, 6.07) is 17.0. The summed E-state index contributed by atoms with van der Waals surface area (Å²) in [5, 5.41) is 5.72. The van der Waals surface area contributed by atoms with Gasteiger partial charge in [0.1, 0.15) is 0 Å². The van der Waals surface area contributed by atoms with Crippen LogP contribution in [-0.4, -0.2) is 26.2 Å². The highest BCUT2D eigenvalue weighted by molar-refractivity contribution is 6.02. The Labute approximate surface area is 173 Å². The zero-order valence-corrected chi connectivity index (χ0v) is 16.5. The Morgan fingerprint density at radius 1 is 0.867 bits per heavy atom. The lowest BCUT2D eigenvalue weighted by Crippen LogP contribution is -2.26. The molecule has 0 fully saturated rings. The highest BCUT2D eigenvalue weighted by Crippen LogP contribution is 2.14. The Kier molecular flexibility index (Phi) is 5.52. The van der Waals surface area contributed by atoms with E-state index in [9.17, 15) is 9.59 Å². The van der Waals surface area contributed by atoms with Crippen molar-refractivity contribution in [1.82, 2.24) is 25.0 Å². The van der Waals surface area contributed by atoms with Crippen molar-refractivity contribution < 1.29 is 9.59 Å². The fourth-order valence-electron chi connectivity index (χ4n) is 3.10. The minimum absolute atomic E-state index is 0.167. The number of aromatic nitrogens is 3. The largest absolute Gasteiger partial charge is 0.347 e. The molecule has 2 N–H and O–H groups in total. The summed E-state index contributed by atoms with van der Waals surface area (Å²) >= 11 is 0. The maximum Gasteiger partial charge on any atom is 0.287 e. The van der Waals surface area contributed by atoms with Crippen LogP contribution in [0.3, 0.4) is 0 Å². The first-order valence-corrected chi connectivity index (χ1v) is 9.60. The van der Waals surface area contributed by atoms with Crippen molar-refractivity contribution >= 4 is 17.3 Å². The molecular weight excluding hydrogens is 378 g/mol. The van der Waals surface area contributed by atoms with Crippen LogP contribution in [0.15, 0.2) is 73.2 Å². The fourth-order valence-corrected chi connectivity index (χ4v) is 3.10. The molecule has 150 valence electrons. The van der Waals surface area contributed by atoms with Crippen LogP contribution >= 0.6 is 0 Å². The van der Waals surface area contributed by atoms with E-state index < -0.39 is 0 Å². The molecule has 0 aliphatic carbocycles. The quantitative estimate of drug-likeness (QED) is 0.522. The van der Waals surface area contributed by atoms with E-state index in [1.807, 2.05) is 49.4 Å². The standard InChI is InChI=1S/C23H21N5O2/c1-16-5-7-17(8-6-16)14-25-22(29)20-19-4-2-3-13-28(19)21(27-20)23(30)26-15-18-9-11-24-12-10-18/h2-13H,14-15H2,1H3,(H,25,29)(H,26,30). The number of hydrogen-bond acceptors (Lipinski definition) is 4. The average Bonchev–Trinajstić information content (AvgIpc) is 3.17. The van der Waals surface area contributed by atoms with Crippen LogP contribution in [-0.2, 0) is 13.1 Å². The van der Waals surface area contributed by atoms with Gasteiger partial charge in [-0.1, -0.05) is 35.9 Å². The summed E-state index contributed by atoms with van der Waals surface area (Å²) in [6.45, 7) is 2.74. The van der Waals surface area contributed by atoms with Gasteiger partial charge in [-0.2, -0.15) is 0 Å². The number of amides is 2. The number of nitrogens with one attached hydrogen (secondary N) is 2. The summed E-state index contributed by atoms with van der Waals surface area (Å²) in [5.74, 6) is -0.516. The molecule has 0 bridgehead atoms. The molecule has 3 heterocycles. The van der Waals surface area contributed by atoms with E-state index in [1.54, 1.807) is 35.1 Å². The molecule has 3 aromatic heterocycles. The maximum atomic E-state index is 12.8. The number of hydrogen-bond donors (Lipinski definition) is 2. The average molecular weight is 399 g/mol. The Morgan fingerprint density at radius 2 is 1.53 bits per heavy atom. The molecule has 30 heavy (non-hydrogen) atoms. The van der Waals surface area contributed by atoms with E-state index in [0.29, 0.717) is 18.6 Å². The van der Waals surface area contributed by atoms with Crippen LogP contribution in [0.2, 0.25) is 0 Å². The van der Waals surface area contributed by atoms with Crippen LogP contribution in [0.5, 0.6) is 0 Å². The molecule has 0 atom stereocenters. The normalized spacial score (nSPS) is 10.7. The number of carbonyl (C=O) groups is 2. The summed E-state index contributed by atoms with van der Waals surface area (Å²) < 4.78 is 1.63. The van der Waals surface area contributed by atoms with Crippen molar-refractivity contribution in [3.05, 3.63) is 101 Å². The lowest BCUT2D eigenvalue weighted by Gasteiger charge is -2.04. The second kappa shape index (κ2) is 8.57. The molecule has 0 saturated carbocycles. The Balaban J connectivity index is 1.53. The number of aryl methyl sites for hydroxylation is 1. The Hall–Kier alpha value is -4.00. The van der Waals surface area contributed by atoms with Crippen molar-refractivity contribution in [2.24, 2.45) is 0 Å². The maximum absolute atomic E-state index is 12.8. The highest BCUT2D eigenvalue weighted by Gasteiger charge is 2.21. The van der Waals surface area contributed by atoms with Crippen LogP contribution in [0.1, 0.15) is 37.8 Å². The van der Waals surface area contributed by atoms with E-state index in [0.717, 1.165) is 16.7 Å². The number of benzene rings is 1. The van der Waals surface area contributed by atoms with Crippen LogP contribution in [0.4, 0.5) is 0 Å². The zero-order chi connectivity index (χ0) is 20.9. The third kappa shape index (κ3) is 4.20. The summed E-state index contributed by atoms with van der Waals surface area (Å²) in [4.78, 5) is 33.8. The van der Waals surface area contributed by atoms with Crippen molar-refractivity contribution in [3.8, 4) is 0 Å². The predicted molar refractivity (Wildman–Crippen MR) is 113 cm³/mol. The predicted octanol–water partition coefficient (Wildman–Crippen LogP) is 2.90. The number of carbonyl (C=O) groups excluding carboxylic acids is 2. The molecule has 0 aliphatic heterocycles. The van der Waals surface area contributed by atoms with E-state index >= 15 is 0 Å². The van der Waals surface area contributed by atoms with Gasteiger partial charge in [-0.05, 0) is 42.3 Å². The Bertz CT molecular complexity index is 1180. The van der Waals surface area contributed by atoms with Crippen LogP contribution in [0.25, 0.3) is 5.52 Å². The van der Waals surface area contributed by atoms with Gasteiger partial charge in [-0.3, -0.25) is 19.0 Å². The molecular formula is C23H21N5O2. The van der Waals surface area contributed by atoms with Crippen molar-refractivity contribution in [1.29, 1.82) is 0 Å². The molecule has 4 aromatic rings. The van der Waals surface area contributed by atoms with Crippen molar-refractivity contribution in [2.75, 3.05) is 0 Å². The summed E-state index contributed by atoms with van der Waals surface area (Å²) in [5.41, 5.74) is 3.88. The number of pyridine rings is 2. The van der Waals surface area contributed by atoms with Gasteiger partial charge in [-0.15, -0.1) is 0 Å². The lowest BCUT2D eigenvalue weighted by atomic mass is 10.1. The van der Waals surface area contributed by atoms with Crippen molar-refractivity contribution in [3.63, 3.8) is 0 Å². The topological polar surface area (TPSA) is 88.4 Å². The van der Waals surface area contributed by atoms with E-state index in [2.05, 4.69) is 20.6 Å². The van der Waals surface area contributed by atoms with Gasteiger partial charge < -0.3 is 10.6 Å². The number of fused-ring (bicyclic) bond motifs is 1. The smallest absolute Gasteiger partial charge is 0.287 e. The first kappa shape index (κ1) is 19.3. The second-order valence-corrected chi connectivity index (χ2v) is 6.95. The minimum atomic E-state index is -0.356. The highest BCUT2D eigenvalue weighted by atomic mass is 16.2. The summed E-state index contributed by atoms with van der Waals surface area (Å²) in [7, 11) is 0. The van der Waals surface area contributed by atoms with Crippen LogP contribution in [0, 0.1) is 6.92 Å². The molecule has 4 rings (SSSR count). The number of nitrogens with zero attached hydrogens (tertiary/aromatic N) is 3. The molecule has 2 amide bonds. The lowest BCUT2D eigenvalue weighted by molar-refractivity contribution is 0.0939. The third-order valence-corrected chi connectivity index (χ3v) is 4.74. The Morgan fingerprint density at radius 3 is 2.27 bits per heavy atom. The minimum Gasteiger partial charge on any atom is -0.347 e. The molecule has 0 spiro atoms. The number of imidazole rings is 1. The first-order chi connectivity index (χ1) is 14.6. The SMILES string of the molecule is Cc1ccc(CNC(=O)c2nc(C(=O)NCc3ccncc3)n3ccccc23)cc1. The molecule has 0 radical (unpaired) electrons. The monoisotopic (exact) mass is 399 g/mol. The molecule has 7 heteroatoms. The van der Waals surface area contributed by atoms with Crippen LogP contribution < -0.4 is 10.6 Å². The van der Waals surface area contributed by atoms with E-state index in [-0.39, 0.29) is 23.3 Å². The van der Waals surface area contributed by atoms with Crippen molar-refractivity contribution in [2.45, 2.75) is 20.0 Å². The molecule has 0 unspecified atom stereocenters. The zero-order valence-electron chi connectivity index (χ0n) is 16.5. The van der Waals surface area contributed by atoms with Gasteiger partial charge in [0.2, 0.25) is 5.82 Å². The molecule has 1 aromatic carbocycles. The van der Waals surface area contributed by atoms with Gasteiger partial charge in [0.05, 0.1) is 5.52 Å². The van der Waals surface area contributed by atoms with E-state index in [1.165, 1.54) is 0 Å². The van der Waals surface area contributed by atoms with Gasteiger partial charge in [0.15, 0.2) is 5.69 Å². The van der Waals surface area contributed by atoms with Gasteiger partial charge in [0.25, 0.3) is 11.8 Å². The summed E-state index contributed by atoms with van der Waals surface area (Å²) in [6.07, 6.45) is 5.06.